The summed E-state index contributed by atoms with van der Waals surface area (Å²) in [5.41, 5.74) is 7.36. The van der Waals surface area contributed by atoms with Crippen molar-refractivity contribution in [3.63, 3.8) is 0 Å². The average molecular weight is 300 g/mol. The van der Waals surface area contributed by atoms with E-state index in [-0.39, 0.29) is 12.1 Å². The van der Waals surface area contributed by atoms with Gasteiger partial charge in [-0.2, -0.15) is 0 Å². The zero-order valence-electron chi connectivity index (χ0n) is 9.99. The summed E-state index contributed by atoms with van der Waals surface area (Å²) in [6, 6.07) is 6.02. The number of hydrogen-bond donors (Lipinski definition) is 1. The molecule has 0 aliphatic carbocycles. The molecule has 1 aliphatic rings. The van der Waals surface area contributed by atoms with E-state index < -0.39 is 0 Å². The second-order valence-corrected chi connectivity index (χ2v) is 5.23. The second kappa shape index (κ2) is 5.85. The number of halogens is 1. The van der Waals surface area contributed by atoms with Gasteiger partial charge in [0.05, 0.1) is 13.2 Å². The van der Waals surface area contributed by atoms with Crippen molar-refractivity contribution in [3.8, 4) is 5.75 Å². The topological polar surface area (TPSA) is 44.5 Å². The molecule has 0 aromatic heterocycles. The van der Waals surface area contributed by atoms with E-state index >= 15 is 0 Å². The number of ether oxygens (including phenoxy) is 2. The summed E-state index contributed by atoms with van der Waals surface area (Å²) in [6.07, 6.45) is 3.20. The molecule has 0 bridgehead atoms. The molecule has 2 unspecified atom stereocenters. The van der Waals surface area contributed by atoms with Crippen LogP contribution in [0.5, 0.6) is 5.75 Å². The van der Waals surface area contributed by atoms with Gasteiger partial charge in [-0.05, 0) is 43.0 Å². The third-order valence-corrected chi connectivity index (χ3v) is 3.92. The van der Waals surface area contributed by atoms with Gasteiger partial charge in [0.25, 0.3) is 0 Å². The molecule has 0 saturated carbocycles. The molecule has 0 amide bonds. The predicted molar refractivity (Wildman–Crippen MR) is 71.3 cm³/mol. The second-order valence-electron chi connectivity index (χ2n) is 4.38. The Labute approximate surface area is 110 Å². The van der Waals surface area contributed by atoms with Crippen molar-refractivity contribution in [2.75, 3.05) is 13.7 Å². The molecule has 1 heterocycles. The number of hydrogen-bond acceptors (Lipinski definition) is 3. The number of benzene rings is 1. The zero-order valence-corrected chi connectivity index (χ0v) is 11.6. The fourth-order valence-corrected chi connectivity index (χ4v) is 2.57. The average Bonchev–Trinajstić information content (AvgIpc) is 2.85. The molecular weight excluding hydrogens is 282 g/mol. The van der Waals surface area contributed by atoms with Crippen molar-refractivity contribution in [2.45, 2.75) is 31.4 Å². The summed E-state index contributed by atoms with van der Waals surface area (Å²) in [6.45, 7) is 0.845. The highest BCUT2D eigenvalue weighted by molar-refractivity contribution is 9.10. The fourth-order valence-electron chi connectivity index (χ4n) is 2.16. The Balaban J connectivity index is 2.06. The smallest absolute Gasteiger partial charge is 0.119 e. The van der Waals surface area contributed by atoms with E-state index in [1.807, 2.05) is 18.2 Å². The highest BCUT2D eigenvalue weighted by Crippen LogP contribution is 2.25. The molecule has 2 atom stereocenters. The summed E-state index contributed by atoms with van der Waals surface area (Å²) in [5, 5.41) is 0. The Hall–Kier alpha value is -0.580. The molecular formula is C13H18BrNO2. The largest absolute Gasteiger partial charge is 0.497 e. The highest BCUT2D eigenvalue weighted by atomic mass is 79.9. The minimum Gasteiger partial charge on any atom is -0.497 e. The minimum absolute atomic E-state index is 0.0564. The zero-order chi connectivity index (χ0) is 12.3. The third-order valence-electron chi connectivity index (χ3n) is 3.15. The lowest BCUT2D eigenvalue weighted by Crippen LogP contribution is -2.36. The van der Waals surface area contributed by atoms with Gasteiger partial charge >= 0.3 is 0 Å². The lowest BCUT2D eigenvalue weighted by atomic mass is 10.0. The van der Waals surface area contributed by atoms with Gasteiger partial charge in [0.2, 0.25) is 0 Å². The molecule has 1 aliphatic heterocycles. The number of rotatable bonds is 4. The molecule has 1 saturated heterocycles. The van der Waals surface area contributed by atoms with Crippen LogP contribution in [0.15, 0.2) is 22.7 Å². The standard InChI is InChI=1S/C13H18BrNO2/c1-16-10-4-5-11(14)9(7-10)8-12(15)13-3-2-6-17-13/h4-5,7,12-13H,2-3,6,8,15H2,1H3. The Morgan fingerprint density at radius 1 is 1.59 bits per heavy atom. The van der Waals surface area contributed by atoms with E-state index in [0.717, 1.165) is 36.1 Å². The molecule has 1 aromatic rings. The van der Waals surface area contributed by atoms with Crippen LogP contribution in [0.1, 0.15) is 18.4 Å². The summed E-state index contributed by atoms with van der Waals surface area (Å²) in [4.78, 5) is 0. The van der Waals surface area contributed by atoms with E-state index in [2.05, 4.69) is 15.9 Å². The molecule has 2 rings (SSSR count). The van der Waals surface area contributed by atoms with Crippen LogP contribution in [0.25, 0.3) is 0 Å². The van der Waals surface area contributed by atoms with Gasteiger partial charge in [-0.1, -0.05) is 15.9 Å². The van der Waals surface area contributed by atoms with Gasteiger partial charge in [0, 0.05) is 17.1 Å². The van der Waals surface area contributed by atoms with Gasteiger partial charge in [0.1, 0.15) is 5.75 Å². The van der Waals surface area contributed by atoms with Crippen LogP contribution in [-0.4, -0.2) is 25.9 Å². The summed E-state index contributed by atoms with van der Waals surface area (Å²) in [5.74, 6) is 0.864. The van der Waals surface area contributed by atoms with Crippen molar-refractivity contribution >= 4 is 15.9 Å². The first-order valence-corrected chi connectivity index (χ1v) is 6.69. The van der Waals surface area contributed by atoms with Crippen LogP contribution in [0.4, 0.5) is 0 Å². The highest BCUT2D eigenvalue weighted by Gasteiger charge is 2.23. The molecule has 1 fully saturated rings. The van der Waals surface area contributed by atoms with Crippen LogP contribution in [0.3, 0.4) is 0 Å². The Kier molecular flexibility index (Phi) is 4.42. The van der Waals surface area contributed by atoms with E-state index in [0.29, 0.717) is 0 Å². The van der Waals surface area contributed by atoms with E-state index in [4.69, 9.17) is 15.2 Å². The van der Waals surface area contributed by atoms with Gasteiger partial charge in [-0.3, -0.25) is 0 Å². The molecule has 17 heavy (non-hydrogen) atoms. The third kappa shape index (κ3) is 3.21. The molecule has 0 radical (unpaired) electrons. The van der Waals surface area contributed by atoms with Crippen molar-refractivity contribution < 1.29 is 9.47 Å². The van der Waals surface area contributed by atoms with Gasteiger partial charge in [-0.25, -0.2) is 0 Å². The lowest BCUT2D eigenvalue weighted by molar-refractivity contribution is 0.0899. The quantitative estimate of drug-likeness (QED) is 0.929. The minimum atomic E-state index is 0.0564. The normalized spacial score (nSPS) is 21.5. The maximum Gasteiger partial charge on any atom is 0.119 e. The van der Waals surface area contributed by atoms with Gasteiger partial charge < -0.3 is 15.2 Å². The molecule has 2 N–H and O–H groups in total. The monoisotopic (exact) mass is 299 g/mol. The fraction of sp³-hybridized carbons (Fsp3) is 0.538. The Morgan fingerprint density at radius 3 is 3.06 bits per heavy atom. The molecule has 3 nitrogen and oxygen atoms in total. The summed E-state index contributed by atoms with van der Waals surface area (Å²) in [7, 11) is 1.67. The van der Waals surface area contributed by atoms with Crippen LogP contribution in [-0.2, 0) is 11.2 Å². The van der Waals surface area contributed by atoms with Crippen LogP contribution in [0.2, 0.25) is 0 Å². The number of nitrogens with two attached hydrogens (primary N) is 1. The summed E-state index contributed by atoms with van der Waals surface area (Å²) < 4.78 is 11.9. The first-order valence-electron chi connectivity index (χ1n) is 5.90. The Morgan fingerprint density at radius 2 is 2.41 bits per heavy atom. The molecule has 0 spiro atoms. The maximum atomic E-state index is 6.18. The Bertz CT molecular complexity index is 378. The van der Waals surface area contributed by atoms with Crippen LogP contribution < -0.4 is 10.5 Å². The van der Waals surface area contributed by atoms with Gasteiger partial charge in [0.15, 0.2) is 0 Å². The van der Waals surface area contributed by atoms with Crippen LogP contribution in [0, 0.1) is 0 Å². The van der Waals surface area contributed by atoms with Gasteiger partial charge in [-0.15, -0.1) is 0 Å². The molecule has 94 valence electrons. The maximum absolute atomic E-state index is 6.18. The van der Waals surface area contributed by atoms with E-state index in [1.165, 1.54) is 5.56 Å². The first-order chi connectivity index (χ1) is 8.20. The first kappa shape index (κ1) is 12.9. The van der Waals surface area contributed by atoms with Crippen molar-refractivity contribution in [1.29, 1.82) is 0 Å². The van der Waals surface area contributed by atoms with Crippen LogP contribution >= 0.6 is 15.9 Å². The van der Waals surface area contributed by atoms with Crippen molar-refractivity contribution in [3.05, 3.63) is 28.2 Å². The van der Waals surface area contributed by atoms with E-state index in [1.54, 1.807) is 7.11 Å². The van der Waals surface area contributed by atoms with Crippen molar-refractivity contribution in [1.82, 2.24) is 0 Å². The number of methoxy groups -OCH3 is 1. The summed E-state index contributed by atoms with van der Waals surface area (Å²) >= 11 is 3.54. The molecule has 4 heteroatoms. The predicted octanol–water partition coefficient (Wildman–Crippen LogP) is 2.51. The van der Waals surface area contributed by atoms with Crippen molar-refractivity contribution in [2.24, 2.45) is 5.73 Å². The lowest BCUT2D eigenvalue weighted by Gasteiger charge is -2.19. The van der Waals surface area contributed by atoms with E-state index in [9.17, 15) is 0 Å². The SMILES string of the molecule is COc1ccc(Br)c(CC(N)C2CCCO2)c1. The molecule has 1 aromatic carbocycles.